The molecule has 0 N–H and O–H groups in total. The molecule has 20 heavy (non-hydrogen) atoms. The van der Waals surface area contributed by atoms with E-state index in [4.69, 9.17) is 0 Å². The molecule has 2 heterocycles. The molecule has 0 bridgehead atoms. The number of hydrogen-bond donors (Lipinski definition) is 0. The smallest absolute Gasteiger partial charge is 0.170 e. The summed E-state index contributed by atoms with van der Waals surface area (Å²) in [6.45, 7) is 0. The lowest BCUT2D eigenvalue weighted by molar-refractivity contribution is 0.112. The van der Waals surface area contributed by atoms with Crippen LogP contribution in [0.25, 0.3) is 5.52 Å². The van der Waals surface area contributed by atoms with Crippen LogP contribution < -0.4 is 0 Å². The maximum Gasteiger partial charge on any atom is 0.170 e. The van der Waals surface area contributed by atoms with Crippen LogP contribution in [0.5, 0.6) is 0 Å². The molecule has 3 aromatic rings. The molecular formula is C15H10BrFN2O. The molecule has 0 amide bonds. The van der Waals surface area contributed by atoms with E-state index in [9.17, 15) is 9.18 Å². The van der Waals surface area contributed by atoms with Gasteiger partial charge in [-0.05, 0) is 45.8 Å². The Kier molecular flexibility index (Phi) is 3.36. The number of pyridine rings is 1. The third kappa shape index (κ3) is 2.25. The lowest BCUT2D eigenvalue weighted by atomic mass is 10.1. The third-order valence-electron chi connectivity index (χ3n) is 3.10. The summed E-state index contributed by atoms with van der Waals surface area (Å²) in [5.41, 5.74) is 2.10. The lowest BCUT2D eigenvalue weighted by Gasteiger charge is -2.04. The second-order valence-corrected chi connectivity index (χ2v) is 5.22. The first-order chi connectivity index (χ1) is 9.69. The molecule has 0 saturated carbocycles. The molecule has 2 aromatic heterocycles. The van der Waals surface area contributed by atoms with Crippen LogP contribution in [0.2, 0.25) is 0 Å². The summed E-state index contributed by atoms with van der Waals surface area (Å²) in [6, 6.07) is 11.9. The van der Waals surface area contributed by atoms with E-state index in [0.29, 0.717) is 12.1 Å². The van der Waals surface area contributed by atoms with Crippen molar-refractivity contribution in [3.8, 4) is 0 Å². The first-order valence-corrected chi connectivity index (χ1v) is 6.84. The first-order valence-electron chi connectivity index (χ1n) is 6.04. The summed E-state index contributed by atoms with van der Waals surface area (Å²) in [7, 11) is 0. The molecule has 0 saturated heterocycles. The van der Waals surface area contributed by atoms with Crippen molar-refractivity contribution in [2.24, 2.45) is 0 Å². The van der Waals surface area contributed by atoms with Crippen LogP contribution in [-0.2, 0) is 6.42 Å². The van der Waals surface area contributed by atoms with Gasteiger partial charge in [0, 0.05) is 6.42 Å². The second-order valence-electron chi connectivity index (χ2n) is 4.40. The SMILES string of the molecule is O=Cc1nc(Cc2ccc(F)cc2)n2c(Br)cccc12. The van der Waals surface area contributed by atoms with Gasteiger partial charge in [0.1, 0.15) is 17.3 Å². The van der Waals surface area contributed by atoms with Gasteiger partial charge in [0.15, 0.2) is 6.29 Å². The average Bonchev–Trinajstić information content (AvgIpc) is 2.81. The molecule has 3 rings (SSSR count). The Hall–Kier alpha value is -2.01. The highest BCUT2D eigenvalue weighted by Crippen LogP contribution is 2.21. The van der Waals surface area contributed by atoms with Crippen LogP contribution in [0, 0.1) is 5.82 Å². The van der Waals surface area contributed by atoms with Crippen LogP contribution >= 0.6 is 15.9 Å². The summed E-state index contributed by atoms with van der Waals surface area (Å²) in [5.74, 6) is 0.470. The number of fused-ring (bicyclic) bond motifs is 1. The fourth-order valence-electron chi connectivity index (χ4n) is 2.18. The number of benzene rings is 1. The number of rotatable bonds is 3. The Labute approximate surface area is 123 Å². The average molecular weight is 333 g/mol. The Bertz CT molecular complexity index is 780. The lowest BCUT2D eigenvalue weighted by Crippen LogP contribution is -1.97. The van der Waals surface area contributed by atoms with Gasteiger partial charge in [0.2, 0.25) is 0 Å². The van der Waals surface area contributed by atoms with Crippen molar-refractivity contribution in [3.63, 3.8) is 0 Å². The van der Waals surface area contributed by atoms with E-state index in [1.807, 2.05) is 22.6 Å². The zero-order valence-electron chi connectivity index (χ0n) is 10.4. The normalized spacial score (nSPS) is 10.9. The molecule has 0 aliphatic heterocycles. The highest BCUT2D eigenvalue weighted by Gasteiger charge is 2.12. The van der Waals surface area contributed by atoms with Crippen molar-refractivity contribution in [2.75, 3.05) is 0 Å². The molecule has 100 valence electrons. The van der Waals surface area contributed by atoms with Gasteiger partial charge in [-0.25, -0.2) is 9.37 Å². The van der Waals surface area contributed by atoms with Gasteiger partial charge < -0.3 is 0 Å². The zero-order chi connectivity index (χ0) is 14.1. The highest BCUT2D eigenvalue weighted by molar-refractivity contribution is 9.10. The van der Waals surface area contributed by atoms with E-state index in [1.54, 1.807) is 12.1 Å². The van der Waals surface area contributed by atoms with E-state index in [0.717, 1.165) is 27.8 Å². The van der Waals surface area contributed by atoms with E-state index in [1.165, 1.54) is 12.1 Å². The monoisotopic (exact) mass is 332 g/mol. The van der Waals surface area contributed by atoms with E-state index in [2.05, 4.69) is 20.9 Å². The summed E-state index contributed by atoms with van der Waals surface area (Å²) in [6.07, 6.45) is 1.27. The molecule has 3 nitrogen and oxygen atoms in total. The maximum atomic E-state index is 12.9. The predicted octanol–water partition coefficient (Wildman–Crippen LogP) is 3.64. The summed E-state index contributed by atoms with van der Waals surface area (Å²) in [4.78, 5) is 15.5. The molecule has 0 spiro atoms. The summed E-state index contributed by atoms with van der Waals surface area (Å²) < 4.78 is 15.6. The Morgan fingerprint density at radius 1 is 1.20 bits per heavy atom. The molecule has 0 atom stereocenters. The minimum Gasteiger partial charge on any atom is -0.296 e. The standard InChI is InChI=1S/C15H10BrFN2O/c16-14-3-1-2-13-12(9-20)18-15(19(13)14)8-10-4-6-11(17)7-5-10/h1-7,9H,8H2. The van der Waals surface area contributed by atoms with Gasteiger partial charge in [-0.3, -0.25) is 9.20 Å². The van der Waals surface area contributed by atoms with Gasteiger partial charge in [0.25, 0.3) is 0 Å². The number of carbonyl (C=O) groups excluding carboxylic acids is 1. The van der Waals surface area contributed by atoms with Crippen LogP contribution in [0.3, 0.4) is 0 Å². The Morgan fingerprint density at radius 3 is 2.65 bits per heavy atom. The number of halogens is 2. The third-order valence-corrected chi connectivity index (χ3v) is 3.72. The second kappa shape index (κ2) is 5.17. The Morgan fingerprint density at radius 2 is 1.95 bits per heavy atom. The van der Waals surface area contributed by atoms with Crippen LogP contribution in [0.15, 0.2) is 47.1 Å². The van der Waals surface area contributed by atoms with Crippen molar-refractivity contribution < 1.29 is 9.18 Å². The number of carbonyl (C=O) groups is 1. The molecule has 0 aliphatic carbocycles. The van der Waals surface area contributed by atoms with Gasteiger partial charge >= 0.3 is 0 Å². The molecule has 0 fully saturated rings. The summed E-state index contributed by atoms with van der Waals surface area (Å²) in [5, 5.41) is 0. The Balaban J connectivity index is 2.11. The van der Waals surface area contributed by atoms with Crippen molar-refractivity contribution in [3.05, 3.63) is 70.0 Å². The highest BCUT2D eigenvalue weighted by atomic mass is 79.9. The van der Waals surface area contributed by atoms with Crippen molar-refractivity contribution in [1.82, 2.24) is 9.38 Å². The van der Waals surface area contributed by atoms with Crippen molar-refractivity contribution in [1.29, 1.82) is 0 Å². The van der Waals surface area contributed by atoms with Crippen LogP contribution in [0.4, 0.5) is 4.39 Å². The van der Waals surface area contributed by atoms with E-state index >= 15 is 0 Å². The largest absolute Gasteiger partial charge is 0.296 e. The number of aldehydes is 1. The number of nitrogens with zero attached hydrogens (tertiary/aromatic N) is 2. The molecule has 5 heteroatoms. The van der Waals surface area contributed by atoms with Crippen LogP contribution in [0.1, 0.15) is 21.9 Å². The van der Waals surface area contributed by atoms with Gasteiger partial charge in [0.05, 0.1) is 10.1 Å². The number of imidazole rings is 1. The molecule has 0 radical (unpaired) electrons. The van der Waals surface area contributed by atoms with Crippen LogP contribution in [-0.4, -0.2) is 15.7 Å². The molecule has 0 unspecified atom stereocenters. The molecular weight excluding hydrogens is 323 g/mol. The topological polar surface area (TPSA) is 34.4 Å². The minimum atomic E-state index is -0.267. The quantitative estimate of drug-likeness (QED) is 0.542. The fourth-order valence-corrected chi connectivity index (χ4v) is 2.73. The van der Waals surface area contributed by atoms with Crippen molar-refractivity contribution in [2.45, 2.75) is 6.42 Å². The molecule has 1 aromatic carbocycles. The maximum absolute atomic E-state index is 12.9. The van der Waals surface area contributed by atoms with E-state index < -0.39 is 0 Å². The van der Waals surface area contributed by atoms with E-state index in [-0.39, 0.29) is 5.82 Å². The predicted molar refractivity (Wildman–Crippen MR) is 77.5 cm³/mol. The van der Waals surface area contributed by atoms with Gasteiger partial charge in [-0.2, -0.15) is 0 Å². The van der Waals surface area contributed by atoms with Gasteiger partial charge in [-0.1, -0.05) is 18.2 Å². The fraction of sp³-hybridized carbons (Fsp3) is 0.0667. The summed E-state index contributed by atoms with van der Waals surface area (Å²) >= 11 is 3.46. The minimum absolute atomic E-state index is 0.267. The zero-order valence-corrected chi connectivity index (χ0v) is 12.0. The van der Waals surface area contributed by atoms with Crippen molar-refractivity contribution >= 4 is 27.7 Å². The molecule has 0 aliphatic rings. The number of aromatic nitrogens is 2. The number of hydrogen-bond acceptors (Lipinski definition) is 2. The first kappa shape index (κ1) is 13.0. The van der Waals surface area contributed by atoms with Gasteiger partial charge in [-0.15, -0.1) is 0 Å².